The predicted octanol–water partition coefficient (Wildman–Crippen LogP) is 1.81. The number of anilines is 1. The van der Waals surface area contributed by atoms with Crippen molar-refractivity contribution in [3.05, 3.63) is 41.9 Å². The third-order valence-corrected chi connectivity index (χ3v) is 2.83. The largest absolute Gasteiger partial charge is 0.493 e. The number of nitrogens with one attached hydrogen (secondary N) is 1. The summed E-state index contributed by atoms with van der Waals surface area (Å²) in [5.74, 6) is 0.649. The Bertz CT molecular complexity index is 593. The standard InChI is InChI=1S/C14H16N2O4/c1-18-12-5-10(11(15)6-13(12)19-2)14(17)16-7-9-3-4-20-8-9/h3-6,8H,7,15H2,1-2H3,(H,16,17). The Labute approximate surface area is 116 Å². The summed E-state index contributed by atoms with van der Waals surface area (Å²) >= 11 is 0. The van der Waals surface area contributed by atoms with Crippen LogP contribution in [0.3, 0.4) is 0 Å². The molecule has 2 rings (SSSR count). The van der Waals surface area contributed by atoms with Crippen molar-refractivity contribution in [2.24, 2.45) is 0 Å². The molecule has 0 aliphatic heterocycles. The molecule has 0 spiro atoms. The highest BCUT2D eigenvalue weighted by Gasteiger charge is 2.15. The van der Waals surface area contributed by atoms with Crippen LogP contribution in [0.4, 0.5) is 5.69 Å². The molecule has 0 saturated heterocycles. The van der Waals surface area contributed by atoms with Crippen molar-refractivity contribution in [1.29, 1.82) is 0 Å². The van der Waals surface area contributed by atoms with Crippen LogP contribution in [0.2, 0.25) is 0 Å². The molecule has 6 nitrogen and oxygen atoms in total. The molecular formula is C14H16N2O4. The number of hydrogen-bond donors (Lipinski definition) is 2. The first-order chi connectivity index (χ1) is 9.65. The minimum atomic E-state index is -0.287. The van der Waals surface area contributed by atoms with E-state index in [4.69, 9.17) is 19.6 Å². The number of rotatable bonds is 5. The van der Waals surface area contributed by atoms with Gasteiger partial charge in [-0.05, 0) is 12.1 Å². The Balaban J connectivity index is 2.16. The van der Waals surface area contributed by atoms with E-state index in [0.29, 0.717) is 29.3 Å². The first-order valence-electron chi connectivity index (χ1n) is 5.96. The quantitative estimate of drug-likeness (QED) is 0.813. The van der Waals surface area contributed by atoms with Gasteiger partial charge < -0.3 is 24.9 Å². The summed E-state index contributed by atoms with van der Waals surface area (Å²) in [6, 6.07) is 4.89. The average molecular weight is 276 g/mol. The molecule has 20 heavy (non-hydrogen) atoms. The highest BCUT2D eigenvalue weighted by molar-refractivity contribution is 6.00. The van der Waals surface area contributed by atoms with Crippen LogP contribution in [0.15, 0.2) is 35.1 Å². The lowest BCUT2D eigenvalue weighted by Gasteiger charge is -2.12. The van der Waals surface area contributed by atoms with Gasteiger partial charge in [-0.3, -0.25) is 4.79 Å². The number of amides is 1. The normalized spacial score (nSPS) is 10.1. The molecule has 0 atom stereocenters. The van der Waals surface area contributed by atoms with Gasteiger partial charge in [0, 0.05) is 23.9 Å². The summed E-state index contributed by atoms with van der Waals surface area (Å²) < 4.78 is 15.2. The van der Waals surface area contributed by atoms with Crippen LogP contribution in [-0.2, 0) is 6.54 Å². The zero-order valence-corrected chi connectivity index (χ0v) is 11.3. The molecule has 3 N–H and O–H groups in total. The fraction of sp³-hybridized carbons (Fsp3) is 0.214. The van der Waals surface area contributed by atoms with Gasteiger partial charge in [0.25, 0.3) is 5.91 Å². The van der Waals surface area contributed by atoms with E-state index in [9.17, 15) is 4.79 Å². The third kappa shape index (κ3) is 2.85. The van der Waals surface area contributed by atoms with Crippen molar-refractivity contribution < 1.29 is 18.7 Å². The van der Waals surface area contributed by atoms with Gasteiger partial charge in [-0.1, -0.05) is 0 Å². The van der Waals surface area contributed by atoms with Gasteiger partial charge in [-0.2, -0.15) is 0 Å². The summed E-state index contributed by atoms with van der Waals surface area (Å²) in [5.41, 5.74) is 7.39. The van der Waals surface area contributed by atoms with Crippen molar-refractivity contribution in [1.82, 2.24) is 5.32 Å². The number of methoxy groups -OCH3 is 2. The summed E-state index contributed by atoms with van der Waals surface area (Å²) in [4.78, 5) is 12.1. The summed E-state index contributed by atoms with van der Waals surface area (Å²) in [5, 5.41) is 2.76. The van der Waals surface area contributed by atoms with Crippen molar-refractivity contribution in [2.75, 3.05) is 20.0 Å². The molecule has 0 unspecified atom stereocenters. The number of ether oxygens (including phenoxy) is 2. The van der Waals surface area contributed by atoms with Gasteiger partial charge in [0.2, 0.25) is 0 Å². The number of carbonyl (C=O) groups is 1. The molecule has 0 aliphatic carbocycles. The van der Waals surface area contributed by atoms with E-state index in [-0.39, 0.29) is 5.91 Å². The topological polar surface area (TPSA) is 86.7 Å². The van der Waals surface area contributed by atoms with E-state index in [1.807, 2.05) is 0 Å². The summed E-state index contributed by atoms with van der Waals surface area (Å²) in [6.45, 7) is 0.364. The number of carbonyl (C=O) groups excluding carboxylic acids is 1. The molecular weight excluding hydrogens is 260 g/mol. The SMILES string of the molecule is COc1cc(N)c(C(=O)NCc2ccoc2)cc1OC. The minimum Gasteiger partial charge on any atom is -0.493 e. The smallest absolute Gasteiger partial charge is 0.253 e. The third-order valence-electron chi connectivity index (χ3n) is 2.83. The van der Waals surface area contributed by atoms with E-state index >= 15 is 0 Å². The molecule has 106 valence electrons. The maximum Gasteiger partial charge on any atom is 0.253 e. The first-order valence-corrected chi connectivity index (χ1v) is 5.96. The van der Waals surface area contributed by atoms with Crippen LogP contribution in [0.5, 0.6) is 11.5 Å². The zero-order valence-electron chi connectivity index (χ0n) is 11.3. The van der Waals surface area contributed by atoms with Crippen molar-refractivity contribution >= 4 is 11.6 Å². The maximum absolute atomic E-state index is 12.1. The van der Waals surface area contributed by atoms with Crippen LogP contribution in [0.25, 0.3) is 0 Å². The van der Waals surface area contributed by atoms with Crippen LogP contribution >= 0.6 is 0 Å². The van der Waals surface area contributed by atoms with Gasteiger partial charge in [0.15, 0.2) is 11.5 Å². The van der Waals surface area contributed by atoms with Crippen LogP contribution in [0, 0.1) is 0 Å². The average Bonchev–Trinajstić information content (AvgIpc) is 2.97. The molecule has 6 heteroatoms. The monoisotopic (exact) mass is 276 g/mol. The molecule has 0 fully saturated rings. The summed E-state index contributed by atoms with van der Waals surface area (Å²) in [7, 11) is 3.01. The Morgan fingerprint density at radius 1 is 1.30 bits per heavy atom. The molecule has 1 amide bonds. The van der Waals surface area contributed by atoms with Gasteiger partial charge in [0.05, 0.1) is 32.3 Å². The Morgan fingerprint density at radius 2 is 2.00 bits per heavy atom. The second-order valence-corrected chi connectivity index (χ2v) is 4.11. The number of hydrogen-bond acceptors (Lipinski definition) is 5. The van der Waals surface area contributed by atoms with Crippen molar-refractivity contribution in [3.8, 4) is 11.5 Å². The fourth-order valence-electron chi connectivity index (χ4n) is 1.76. The lowest BCUT2D eigenvalue weighted by molar-refractivity contribution is 0.0951. The van der Waals surface area contributed by atoms with Crippen LogP contribution < -0.4 is 20.5 Å². The highest BCUT2D eigenvalue weighted by Crippen LogP contribution is 2.31. The number of benzene rings is 1. The highest BCUT2D eigenvalue weighted by atomic mass is 16.5. The van der Waals surface area contributed by atoms with Crippen LogP contribution in [0.1, 0.15) is 15.9 Å². The minimum absolute atomic E-state index is 0.287. The molecule has 0 saturated carbocycles. The Morgan fingerprint density at radius 3 is 2.60 bits per heavy atom. The number of furan rings is 1. The van der Waals surface area contributed by atoms with E-state index in [0.717, 1.165) is 5.56 Å². The van der Waals surface area contributed by atoms with Gasteiger partial charge >= 0.3 is 0 Å². The first kappa shape index (κ1) is 13.8. The fourth-order valence-corrected chi connectivity index (χ4v) is 1.76. The molecule has 0 bridgehead atoms. The lowest BCUT2D eigenvalue weighted by atomic mass is 10.1. The number of nitrogens with two attached hydrogens (primary N) is 1. The molecule has 1 aromatic carbocycles. The number of nitrogen functional groups attached to an aromatic ring is 1. The van der Waals surface area contributed by atoms with Gasteiger partial charge in [0.1, 0.15) is 0 Å². The van der Waals surface area contributed by atoms with Gasteiger partial charge in [-0.25, -0.2) is 0 Å². The lowest BCUT2D eigenvalue weighted by Crippen LogP contribution is -2.23. The van der Waals surface area contributed by atoms with E-state index in [2.05, 4.69) is 5.32 Å². The van der Waals surface area contributed by atoms with Crippen molar-refractivity contribution in [2.45, 2.75) is 6.54 Å². The Kier molecular flexibility index (Phi) is 4.14. The van der Waals surface area contributed by atoms with E-state index < -0.39 is 0 Å². The zero-order chi connectivity index (χ0) is 14.5. The molecule has 1 heterocycles. The van der Waals surface area contributed by atoms with Crippen LogP contribution in [-0.4, -0.2) is 20.1 Å². The second-order valence-electron chi connectivity index (χ2n) is 4.11. The summed E-state index contributed by atoms with van der Waals surface area (Å²) in [6.07, 6.45) is 3.12. The Hall–Kier alpha value is -2.63. The maximum atomic E-state index is 12.1. The molecule has 2 aromatic rings. The van der Waals surface area contributed by atoms with E-state index in [1.165, 1.54) is 14.2 Å². The second kappa shape index (κ2) is 6.01. The molecule has 0 radical (unpaired) electrons. The van der Waals surface area contributed by atoms with Gasteiger partial charge in [-0.15, -0.1) is 0 Å². The van der Waals surface area contributed by atoms with Crippen molar-refractivity contribution in [3.63, 3.8) is 0 Å². The van der Waals surface area contributed by atoms with E-state index in [1.54, 1.807) is 30.7 Å². The molecule has 1 aromatic heterocycles. The molecule has 0 aliphatic rings. The predicted molar refractivity (Wildman–Crippen MR) is 73.8 cm³/mol.